The van der Waals surface area contributed by atoms with Gasteiger partial charge in [0.25, 0.3) is 0 Å². The minimum atomic E-state index is -3.61. The fourth-order valence-corrected chi connectivity index (χ4v) is 4.34. The van der Waals surface area contributed by atoms with E-state index in [0.717, 1.165) is 22.2 Å². The molecule has 0 aliphatic carbocycles. The Hall–Kier alpha value is -3.49. The fourth-order valence-electron chi connectivity index (χ4n) is 3.27. The smallest absolute Gasteiger partial charge is 0.240 e. The minimum absolute atomic E-state index is 0.202. The summed E-state index contributed by atoms with van der Waals surface area (Å²) in [7, 11) is -3.61. The first kappa shape index (κ1) is 21.7. The number of aromatic nitrogens is 2. The maximum atomic E-state index is 12.6. The summed E-state index contributed by atoms with van der Waals surface area (Å²) in [5, 5.41) is 8.23. The molecule has 0 bridgehead atoms. The molecule has 1 aromatic heterocycles. The lowest BCUT2D eigenvalue weighted by Crippen LogP contribution is -2.29. The van der Waals surface area contributed by atoms with Crippen LogP contribution in [0.4, 0.5) is 17.5 Å². The summed E-state index contributed by atoms with van der Waals surface area (Å²) in [4.78, 5) is 9.09. The molecule has 7 nitrogen and oxygen atoms in total. The van der Waals surface area contributed by atoms with Crippen molar-refractivity contribution in [3.63, 3.8) is 0 Å². The Bertz CT molecular complexity index is 1340. The molecule has 0 fully saturated rings. The van der Waals surface area contributed by atoms with Crippen LogP contribution in [0.3, 0.4) is 0 Å². The van der Waals surface area contributed by atoms with Crippen molar-refractivity contribution >= 4 is 38.2 Å². The Labute approximate surface area is 188 Å². The van der Waals surface area contributed by atoms with Gasteiger partial charge in [0.05, 0.1) is 4.90 Å². The molecule has 0 atom stereocenters. The van der Waals surface area contributed by atoms with Crippen molar-refractivity contribution in [1.82, 2.24) is 14.7 Å². The van der Waals surface area contributed by atoms with Crippen LogP contribution in [-0.4, -0.2) is 31.5 Å². The van der Waals surface area contributed by atoms with Crippen LogP contribution in [0.15, 0.2) is 77.7 Å². The lowest BCUT2D eigenvalue weighted by Gasteiger charge is -2.11. The normalized spacial score (nSPS) is 11.4. The lowest BCUT2D eigenvalue weighted by atomic mass is 10.1. The topological polar surface area (TPSA) is 96.0 Å². The van der Waals surface area contributed by atoms with E-state index in [-0.39, 0.29) is 11.4 Å². The Kier molecular flexibility index (Phi) is 6.34. The van der Waals surface area contributed by atoms with Gasteiger partial charge in [0.2, 0.25) is 16.0 Å². The molecule has 4 aromatic rings. The van der Waals surface area contributed by atoms with E-state index in [1.54, 1.807) is 12.1 Å². The third-order valence-electron chi connectivity index (χ3n) is 4.91. The first-order chi connectivity index (χ1) is 15.4. The second kappa shape index (κ2) is 9.33. The number of nitrogens with zero attached hydrogens (tertiary/aromatic N) is 2. The summed E-state index contributed by atoms with van der Waals surface area (Å²) in [5.41, 5.74) is 2.92. The molecule has 1 heterocycles. The van der Waals surface area contributed by atoms with E-state index in [1.165, 1.54) is 5.56 Å². The Balaban J connectivity index is 1.36. The SMILES string of the molecule is Cc1ccc(Nc2cc(C)nc(NCCNS(=O)(=O)c3ccc4ccccc4c3)n2)cc1. The van der Waals surface area contributed by atoms with Gasteiger partial charge in [0.1, 0.15) is 5.82 Å². The Morgan fingerprint density at radius 3 is 2.34 bits per heavy atom. The molecule has 164 valence electrons. The number of hydrogen-bond acceptors (Lipinski definition) is 6. The number of benzene rings is 3. The van der Waals surface area contributed by atoms with Crippen molar-refractivity contribution in [3.8, 4) is 0 Å². The van der Waals surface area contributed by atoms with E-state index in [2.05, 4.69) is 25.3 Å². The van der Waals surface area contributed by atoms with Gasteiger partial charge in [-0.05, 0) is 48.9 Å². The number of anilines is 3. The number of sulfonamides is 1. The van der Waals surface area contributed by atoms with Crippen LogP contribution < -0.4 is 15.4 Å². The molecule has 0 saturated heterocycles. The molecule has 0 unspecified atom stereocenters. The predicted octanol–water partition coefficient (Wildman–Crippen LogP) is 4.38. The van der Waals surface area contributed by atoms with Crippen LogP contribution in [0, 0.1) is 13.8 Å². The van der Waals surface area contributed by atoms with E-state index in [0.29, 0.717) is 18.3 Å². The van der Waals surface area contributed by atoms with Crippen LogP contribution >= 0.6 is 0 Å². The second-order valence-corrected chi connectivity index (χ2v) is 9.31. The summed E-state index contributed by atoms with van der Waals surface area (Å²) in [5.74, 6) is 1.10. The molecule has 8 heteroatoms. The number of nitrogens with one attached hydrogen (secondary N) is 3. The second-order valence-electron chi connectivity index (χ2n) is 7.54. The maximum absolute atomic E-state index is 12.6. The molecule has 32 heavy (non-hydrogen) atoms. The molecule has 0 aliphatic rings. The standard InChI is InChI=1S/C24H25N5O2S/c1-17-7-10-21(11-8-17)28-23-15-18(2)27-24(29-23)25-13-14-26-32(30,31)22-12-9-19-5-3-4-6-20(19)16-22/h3-12,15-16,26H,13-14H2,1-2H3,(H2,25,27,28,29). The first-order valence-corrected chi connectivity index (χ1v) is 11.8. The molecule has 0 radical (unpaired) electrons. The van der Waals surface area contributed by atoms with Gasteiger partial charge in [-0.1, -0.05) is 48.0 Å². The molecule has 3 N–H and O–H groups in total. The molecule has 0 saturated carbocycles. The number of rotatable bonds is 8. The maximum Gasteiger partial charge on any atom is 0.240 e. The van der Waals surface area contributed by atoms with E-state index < -0.39 is 10.0 Å². The molecule has 0 amide bonds. The van der Waals surface area contributed by atoms with Crippen LogP contribution in [-0.2, 0) is 10.0 Å². The average Bonchev–Trinajstić information content (AvgIpc) is 2.78. The van der Waals surface area contributed by atoms with E-state index in [1.807, 2.05) is 74.5 Å². The lowest BCUT2D eigenvalue weighted by molar-refractivity contribution is 0.583. The predicted molar refractivity (Wildman–Crippen MR) is 129 cm³/mol. The molecular weight excluding hydrogens is 422 g/mol. The summed E-state index contributed by atoms with van der Waals surface area (Å²) in [6.07, 6.45) is 0. The van der Waals surface area contributed by atoms with Gasteiger partial charge in [-0.25, -0.2) is 18.1 Å². The zero-order valence-corrected chi connectivity index (χ0v) is 18.8. The van der Waals surface area contributed by atoms with Crippen molar-refractivity contribution in [2.24, 2.45) is 0 Å². The van der Waals surface area contributed by atoms with Crippen molar-refractivity contribution in [2.75, 3.05) is 23.7 Å². The Morgan fingerprint density at radius 1 is 0.812 bits per heavy atom. The van der Waals surface area contributed by atoms with Gasteiger partial charge in [-0.3, -0.25) is 0 Å². The fraction of sp³-hybridized carbons (Fsp3) is 0.167. The molecular formula is C24H25N5O2S. The van der Waals surface area contributed by atoms with E-state index in [9.17, 15) is 8.42 Å². The highest BCUT2D eigenvalue weighted by Gasteiger charge is 2.14. The number of hydrogen-bond donors (Lipinski definition) is 3. The van der Waals surface area contributed by atoms with Crippen molar-refractivity contribution < 1.29 is 8.42 Å². The van der Waals surface area contributed by atoms with Gasteiger partial charge in [-0.15, -0.1) is 0 Å². The summed E-state index contributed by atoms with van der Waals surface area (Å²) < 4.78 is 27.9. The zero-order valence-electron chi connectivity index (χ0n) is 18.0. The number of aryl methyl sites for hydroxylation is 2. The highest BCUT2D eigenvalue weighted by atomic mass is 32.2. The summed E-state index contributed by atoms with van der Waals surface area (Å²) in [6.45, 7) is 4.47. The third kappa shape index (κ3) is 5.40. The highest BCUT2D eigenvalue weighted by molar-refractivity contribution is 7.89. The quantitative estimate of drug-likeness (QED) is 0.347. The monoisotopic (exact) mass is 447 g/mol. The van der Waals surface area contributed by atoms with Gasteiger partial charge in [-0.2, -0.15) is 4.98 Å². The first-order valence-electron chi connectivity index (χ1n) is 10.3. The summed E-state index contributed by atoms with van der Waals surface area (Å²) in [6, 6.07) is 22.6. The van der Waals surface area contributed by atoms with E-state index in [4.69, 9.17) is 0 Å². The Morgan fingerprint density at radius 2 is 1.56 bits per heavy atom. The van der Waals surface area contributed by atoms with E-state index >= 15 is 0 Å². The largest absolute Gasteiger partial charge is 0.353 e. The molecule has 0 spiro atoms. The zero-order chi connectivity index (χ0) is 22.6. The average molecular weight is 448 g/mol. The van der Waals surface area contributed by atoms with Gasteiger partial charge < -0.3 is 10.6 Å². The molecule has 3 aromatic carbocycles. The van der Waals surface area contributed by atoms with Crippen molar-refractivity contribution in [1.29, 1.82) is 0 Å². The van der Waals surface area contributed by atoms with Crippen LogP contribution in [0.1, 0.15) is 11.3 Å². The van der Waals surface area contributed by atoms with Crippen LogP contribution in [0.25, 0.3) is 10.8 Å². The number of fused-ring (bicyclic) bond motifs is 1. The van der Waals surface area contributed by atoms with Crippen molar-refractivity contribution in [2.45, 2.75) is 18.7 Å². The van der Waals surface area contributed by atoms with Crippen LogP contribution in [0.5, 0.6) is 0 Å². The highest BCUT2D eigenvalue weighted by Crippen LogP contribution is 2.19. The van der Waals surface area contributed by atoms with Gasteiger partial charge >= 0.3 is 0 Å². The minimum Gasteiger partial charge on any atom is -0.353 e. The van der Waals surface area contributed by atoms with Crippen molar-refractivity contribution in [3.05, 3.63) is 84.1 Å². The summed E-state index contributed by atoms with van der Waals surface area (Å²) >= 11 is 0. The third-order valence-corrected chi connectivity index (χ3v) is 6.37. The molecule has 4 rings (SSSR count). The van der Waals surface area contributed by atoms with Crippen LogP contribution in [0.2, 0.25) is 0 Å². The molecule has 0 aliphatic heterocycles. The van der Waals surface area contributed by atoms with Gasteiger partial charge in [0.15, 0.2) is 0 Å². The van der Waals surface area contributed by atoms with Gasteiger partial charge in [0, 0.05) is 30.5 Å².